The van der Waals surface area contributed by atoms with Crippen molar-refractivity contribution in [2.45, 2.75) is 30.7 Å². The van der Waals surface area contributed by atoms with Gasteiger partial charge < -0.3 is 0 Å². The SMILES string of the molecule is CC1CCc2cc(F)ccc2N1S(=O)(=O)c1cccc([N+](=O)[O-])c1. The summed E-state index contributed by atoms with van der Waals surface area (Å²) in [6.07, 6.45) is 1.12. The van der Waals surface area contributed by atoms with Gasteiger partial charge in [0.1, 0.15) is 5.82 Å². The van der Waals surface area contributed by atoms with Crippen molar-refractivity contribution in [2.24, 2.45) is 0 Å². The van der Waals surface area contributed by atoms with Crippen molar-refractivity contribution in [2.75, 3.05) is 4.31 Å². The summed E-state index contributed by atoms with van der Waals surface area (Å²) in [5.41, 5.74) is 0.740. The zero-order valence-electron chi connectivity index (χ0n) is 12.8. The largest absolute Gasteiger partial charge is 0.270 e. The second-order valence-corrected chi connectivity index (χ2v) is 7.53. The van der Waals surface area contributed by atoms with Gasteiger partial charge in [-0.3, -0.25) is 14.4 Å². The monoisotopic (exact) mass is 350 g/mol. The summed E-state index contributed by atoms with van der Waals surface area (Å²) in [5, 5.41) is 10.9. The Labute approximate surface area is 138 Å². The van der Waals surface area contributed by atoms with Gasteiger partial charge in [0.05, 0.1) is 15.5 Å². The van der Waals surface area contributed by atoms with Gasteiger partial charge in [0.15, 0.2) is 0 Å². The van der Waals surface area contributed by atoms with E-state index >= 15 is 0 Å². The van der Waals surface area contributed by atoms with E-state index in [1.807, 2.05) is 0 Å². The highest BCUT2D eigenvalue weighted by atomic mass is 32.2. The molecule has 24 heavy (non-hydrogen) atoms. The highest BCUT2D eigenvalue weighted by Crippen LogP contribution is 2.36. The molecule has 3 rings (SSSR count). The molecule has 126 valence electrons. The lowest BCUT2D eigenvalue weighted by atomic mass is 9.99. The molecule has 6 nitrogen and oxygen atoms in total. The molecule has 0 saturated heterocycles. The van der Waals surface area contributed by atoms with Crippen LogP contribution in [0.1, 0.15) is 18.9 Å². The van der Waals surface area contributed by atoms with Gasteiger partial charge in [0.25, 0.3) is 15.7 Å². The van der Waals surface area contributed by atoms with E-state index in [0.717, 1.165) is 6.07 Å². The molecule has 1 aliphatic heterocycles. The van der Waals surface area contributed by atoms with Crippen molar-refractivity contribution in [3.63, 3.8) is 0 Å². The fourth-order valence-electron chi connectivity index (χ4n) is 2.93. The van der Waals surface area contributed by atoms with E-state index < -0.39 is 20.8 Å². The van der Waals surface area contributed by atoms with Crippen LogP contribution in [0.15, 0.2) is 47.4 Å². The summed E-state index contributed by atoms with van der Waals surface area (Å²) in [4.78, 5) is 10.1. The molecule has 0 aromatic heterocycles. The predicted molar refractivity (Wildman–Crippen MR) is 86.9 cm³/mol. The van der Waals surface area contributed by atoms with Crippen LogP contribution >= 0.6 is 0 Å². The third-order valence-electron chi connectivity index (χ3n) is 4.10. The molecular formula is C16H15FN2O4S. The lowest BCUT2D eigenvalue weighted by molar-refractivity contribution is -0.385. The van der Waals surface area contributed by atoms with Crippen molar-refractivity contribution in [3.05, 3.63) is 64.0 Å². The third kappa shape index (κ3) is 2.73. The fraction of sp³-hybridized carbons (Fsp3) is 0.250. The maximum atomic E-state index is 13.4. The number of sulfonamides is 1. The van der Waals surface area contributed by atoms with Gasteiger partial charge in [0.2, 0.25) is 0 Å². The Balaban J connectivity index is 2.13. The molecule has 2 aromatic rings. The van der Waals surface area contributed by atoms with Crippen molar-refractivity contribution in [1.82, 2.24) is 0 Å². The van der Waals surface area contributed by atoms with E-state index in [-0.39, 0.29) is 16.6 Å². The van der Waals surface area contributed by atoms with Gasteiger partial charge >= 0.3 is 0 Å². The summed E-state index contributed by atoms with van der Waals surface area (Å²) in [5.74, 6) is -0.420. The second-order valence-electron chi connectivity index (χ2n) is 5.72. The van der Waals surface area contributed by atoms with Crippen LogP contribution in [0.5, 0.6) is 0 Å². The quantitative estimate of drug-likeness (QED) is 0.628. The summed E-state index contributed by atoms with van der Waals surface area (Å²) in [6.45, 7) is 1.77. The van der Waals surface area contributed by atoms with Crippen LogP contribution in [0, 0.1) is 15.9 Å². The minimum atomic E-state index is -3.99. The average molecular weight is 350 g/mol. The number of hydrogen-bond acceptors (Lipinski definition) is 4. The third-order valence-corrected chi connectivity index (χ3v) is 6.02. The molecule has 0 spiro atoms. The number of nitrogens with zero attached hydrogens (tertiary/aromatic N) is 2. The molecule has 0 fully saturated rings. The topological polar surface area (TPSA) is 80.5 Å². The summed E-state index contributed by atoms with van der Waals surface area (Å²) >= 11 is 0. The Morgan fingerprint density at radius 3 is 2.71 bits per heavy atom. The van der Waals surface area contributed by atoms with Gasteiger partial charge in [-0.05, 0) is 49.6 Å². The first-order valence-electron chi connectivity index (χ1n) is 7.38. The number of hydrogen-bond donors (Lipinski definition) is 0. The number of non-ortho nitro benzene ring substituents is 1. The molecule has 1 atom stereocenters. The number of nitro benzene ring substituents is 1. The average Bonchev–Trinajstić information content (AvgIpc) is 2.54. The van der Waals surface area contributed by atoms with Gasteiger partial charge in [-0.2, -0.15) is 0 Å². The highest BCUT2D eigenvalue weighted by Gasteiger charge is 2.34. The van der Waals surface area contributed by atoms with E-state index in [1.54, 1.807) is 6.92 Å². The van der Waals surface area contributed by atoms with Gasteiger partial charge in [-0.15, -0.1) is 0 Å². The van der Waals surface area contributed by atoms with Crippen LogP contribution in [-0.4, -0.2) is 19.4 Å². The highest BCUT2D eigenvalue weighted by molar-refractivity contribution is 7.92. The summed E-state index contributed by atoms with van der Waals surface area (Å²) in [6, 6.07) is 8.60. The van der Waals surface area contributed by atoms with E-state index in [4.69, 9.17) is 0 Å². The maximum Gasteiger partial charge on any atom is 0.270 e. The molecular weight excluding hydrogens is 335 g/mol. The fourth-order valence-corrected chi connectivity index (χ4v) is 4.69. The van der Waals surface area contributed by atoms with Crippen molar-refractivity contribution < 1.29 is 17.7 Å². The van der Waals surface area contributed by atoms with Crippen LogP contribution in [0.4, 0.5) is 15.8 Å². The van der Waals surface area contributed by atoms with Gasteiger partial charge in [-0.1, -0.05) is 6.07 Å². The first-order chi connectivity index (χ1) is 11.3. The minimum absolute atomic E-state index is 0.152. The molecule has 0 radical (unpaired) electrons. The molecule has 0 N–H and O–H groups in total. The van der Waals surface area contributed by atoms with Crippen molar-refractivity contribution in [3.8, 4) is 0 Å². The van der Waals surface area contributed by atoms with Crippen molar-refractivity contribution >= 4 is 21.4 Å². The lowest BCUT2D eigenvalue weighted by Gasteiger charge is -2.36. The molecule has 1 heterocycles. The molecule has 1 aliphatic rings. The molecule has 0 aliphatic carbocycles. The van der Waals surface area contributed by atoms with Gasteiger partial charge in [0, 0.05) is 18.2 Å². The Hall–Kier alpha value is -2.48. The van der Waals surface area contributed by atoms with Crippen LogP contribution < -0.4 is 4.31 Å². The Bertz CT molecular complexity index is 914. The summed E-state index contributed by atoms with van der Waals surface area (Å²) < 4.78 is 40.7. The number of benzene rings is 2. The molecule has 1 unspecified atom stereocenters. The smallest absolute Gasteiger partial charge is 0.263 e. The van der Waals surface area contributed by atoms with E-state index in [0.29, 0.717) is 24.1 Å². The lowest BCUT2D eigenvalue weighted by Crippen LogP contribution is -2.42. The van der Waals surface area contributed by atoms with Crippen LogP contribution in [-0.2, 0) is 16.4 Å². The predicted octanol–water partition coefficient (Wildman–Crippen LogP) is 3.26. The van der Waals surface area contributed by atoms with E-state index in [1.165, 1.54) is 40.7 Å². The van der Waals surface area contributed by atoms with Crippen LogP contribution in [0.2, 0.25) is 0 Å². The maximum absolute atomic E-state index is 13.4. The Morgan fingerprint density at radius 2 is 2.00 bits per heavy atom. The first kappa shape index (κ1) is 16.4. The van der Waals surface area contributed by atoms with E-state index in [9.17, 15) is 22.9 Å². The Morgan fingerprint density at radius 1 is 1.25 bits per heavy atom. The molecule has 2 aromatic carbocycles. The first-order valence-corrected chi connectivity index (χ1v) is 8.82. The standard InChI is InChI=1S/C16H15FN2O4S/c1-11-5-6-12-9-13(17)7-8-16(12)18(11)24(22,23)15-4-2-3-14(10-15)19(20)21/h2-4,7-11H,5-6H2,1H3. The number of nitro groups is 1. The molecule has 8 heteroatoms. The minimum Gasteiger partial charge on any atom is -0.263 e. The van der Waals surface area contributed by atoms with Crippen molar-refractivity contribution in [1.29, 1.82) is 0 Å². The normalized spacial score (nSPS) is 17.4. The summed E-state index contributed by atoms with van der Waals surface area (Å²) in [7, 11) is -3.99. The molecule has 0 amide bonds. The second kappa shape index (κ2) is 5.86. The molecule has 0 bridgehead atoms. The van der Waals surface area contributed by atoms with E-state index in [2.05, 4.69) is 0 Å². The number of halogens is 1. The number of fused-ring (bicyclic) bond motifs is 1. The number of rotatable bonds is 3. The number of anilines is 1. The molecule has 0 saturated carbocycles. The van der Waals surface area contributed by atoms with Gasteiger partial charge in [-0.25, -0.2) is 12.8 Å². The zero-order valence-corrected chi connectivity index (χ0v) is 13.7. The zero-order chi connectivity index (χ0) is 17.5. The van der Waals surface area contributed by atoms with Crippen LogP contribution in [0.3, 0.4) is 0 Å². The van der Waals surface area contributed by atoms with Crippen LogP contribution in [0.25, 0.3) is 0 Å². The number of aryl methyl sites for hydroxylation is 1. The Kier molecular flexibility index (Phi) is 4.00.